The van der Waals surface area contributed by atoms with Crippen LogP contribution in [0.15, 0.2) is 36.7 Å². The van der Waals surface area contributed by atoms with Crippen LogP contribution in [0.2, 0.25) is 5.02 Å². The SMILES string of the molecule is CC1CNCC1C(=O)Nc1cccc(Cl)c1-n1cccn1. The summed E-state index contributed by atoms with van der Waals surface area (Å²) in [4.78, 5) is 12.4. The van der Waals surface area contributed by atoms with Crippen LogP contribution in [-0.4, -0.2) is 28.8 Å². The lowest BCUT2D eigenvalue weighted by atomic mass is 9.97. The predicted octanol–water partition coefficient (Wildman–Crippen LogP) is 2.32. The van der Waals surface area contributed by atoms with E-state index in [1.54, 1.807) is 23.1 Å². The molecule has 3 rings (SSSR count). The molecular formula is C15H17ClN4O. The maximum absolute atomic E-state index is 12.4. The maximum Gasteiger partial charge on any atom is 0.229 e. The monoisotopic (exact) mass is 304 g/mol. The topological polar surface area (TPSA) is 59.0 Å². The quantitative estimate of drug-likeness (QED) is 0.915. The van der Waals surface area contributed by atoms with Crippen LogP contribution >= 0.6 is 11.6 Å². The lowest BCUT2D eigenvalue weighted by Gasteiger charge is -2.17. The summed E-state index contributed by atoms with van der Waals surface area (Å²) in [6, 6.07) is 7.26. The van der Waals surface area contributed by atoms with Crippen LogP contribution in [0.3, 0.4) is 0 Å². The molecule has 0 saturated carbocycles. The molecule has 1 aromatic heterocycles. The van der Waals surface area contributed by atoms with E-state index < -0.39 is 0 Å². The molecule has 0 bridgehead atoms. The molecule has 0 aliphatic carbocycles. The second-order valence-electron chi connectivity index (χ2n) is 5.32. The molecule has 0 spiro atoms. The number of halogens is 1. The van der Waals surface area contributed by atoms with E-state index >= 15 is 0 Å². The molecule has 2 atom stereocenters. The summed E-state index contributed by atoms with van der Waals surface area (Å²) >= 11 is 6.27. The number of para-hydroxylation sites is 1. The molecule has 21 heavy (non-hydrogen) atoms. The number of carbonyl (C=O) groups excluding carboxylic acids is 1. The van der Waals surface area contributed by atoms with Crippen molar-refractivity contribution in [3.63, 3.8) is 0 Å². The van der Waals surface area contributed by atoms with E-state index in [1.807, 2.05) is 18.2 Å². The molecule has 6 heteroatoms. The summed E-state index contributed by atoms with van der Waals surface area (Å²) < 4.78 is 1.66. The Labute approximate surface area is 128 Å². The third-order valence-corrected chi connectivity index (χ3v) is 4.14. The standard InChI is InChI=1S/C15H17ClN4O/c1-10-8-17-9-11(10)15(21)19-13-5-2-4-12(16)14(13)20-7-3-6-18-20/h2-7,10-11,17H,8-9H2,1H3,(H,19,21). The van der Waals surface area contributed by atoms with E-state index in [2.05, 4.69) is 22.7 Å². The van der Waals surface area contributed by atoms with Crippen molar-refractivity contribution in [3.05, 3.63) is 41.7 Å². The van der Waals surface area contributed by atoms with Crippen LogP contribution in [0.4, 0.5) is 5.69 Å². The summed E-state index contributed by atoms with van der Waals surface area (Å²) in [5.41, 5.74) is 1.37. The summed E-state index contributed by atoms with van der Waals surface area (Å²) in [6.45, 7) is 3.67. The summed E-state index contributed by atoms with van der Waals surface area (Å²) in [5, 5.41) is 11.0. The molecule has 2 heterocycles. The van der Waals surface area contributed by atoms with E-state index in [-0.39, 0.29) is 11.8 Å². The highest BCUT2D eigenvalue weighted by molar-refractivity contribution is 6.33. The molecule has 1 fully saturated rings. The normalized spacial score (nSPS) is 21.4. The number of anilines is 1. The number of carbonyl (C=O) groups is 1. The van der Waals surface area contributed by atoms with Gasteiger partial charge < -0.3 is 10.6 Å². The molecule has 2 aromatic rings. The van der Waals surface area contributed by atoms with E-state index in [0.717, 1.165) is 6.54 Å². The molecule has 110 valence electrons. The Morgan fingerprint density at radius 3 is 2.95 bits per heavy atom. The van der Waals surface area contributed by atoms with Gasteiger partial charge in [-0.15, -0.1) is 0 Å². The third-order valence-electron chi connectivity index (χ3n) is 3.83. The smallest absolute Gasteiger partial charge is 0.229 e. The Morgan fingerprint density at radius 1 is 1.43 bits per heavy atom. The first-order valence-electron chi connectivity index (χ1n) is 6.97. The van der Waals surface area contributed by atoms with Crippen molar-refractivity contribution in [3.8, 4) is 5.69 Å². The first-order chi connectivity index (χ1) is 10.2. The zero-order valence-electron chi connectivity index (χ0n) is 11.7. The van der Waals surface area contributed by atoms with Crippen molar-refractivity contribution in [2.24, 2.45) is 11.8 Å². The van der Waals surface area contributed by atoms with Crippen molar-refractivity contribution in [2.45, 2.75) is 6.92 Å². The van der Waals surface area contributed by atoms with Gasteiger partial charge in [0, 0.05) is 18.9 Å². The largest absolute Gasteiger partial charge is 0.324 e. The predicted molar refractivity (Wildman–Crippen MR) is 82.7 cm³/mol. The number of nitrogens with zero attached hydrogens (tertiary/aromatic N) is 2. The molecule has 5 nitrogen and oxygen atoms in total. The minimum absolute atomic E-state index is 0.0168. The average molecular weight is 305 g/mol. The lowest BCUT2D eigenvalue weighted by Crippen LogP contribution is -2.28. The van der Waals surface area contributed by atoms with E-state index in [0.29, 0.717) is 28.9 Å². The van der Waals surface area contributed by atoms with Gasteiger partial charge in [-0.3, -0.25) is 4.79 Å². The van der Waals surface area contributed by atoms with Gasteiger partial charge in [0.2, 0.25) is 5.91 Å². The Morgan fingerprint density at radius 2 is 2.29 bits per heavy atom. The summed E-state index contributed by atoms with van der Waals surface area (Å²) in [6.07, 6.45) is 3.48. The highest BCUT2D eigenvalue weighted by Gasteiger charge is 2.30. The zero-order valence-corrected chi connectivity index (χ0v) is 12.5. The molecule has 1 aromatic carbocycles. The number of amides is 1. The lowest BCUT2D eigenvalue weighted by molar-refractivity contribution is -0.120. The van der Waals surface area contributed by atoms with Crippen molar-refractivity contribution in [2.75, 3.05) is 18.4 Å². The highest BCUT2D eigenvalue weighted by atomic mass is 35.5. The minimum atomic E-state index is -0.0190. The van der Waals surface area contributed by atoms with Crippen LogP contribution in [-0.2, 0) is 4.79 Å². The van der Waals surface area contributed by atoms with Crippen LogP contribution in [0, 0.1) is 11.8 Å². The summed E-state index contributed by atoms with van der Waals surface area (Å²) in [5.74, 6) is 0.329. The number of nitrogens with one attached hydrogen (secondary N) is 2. The molecule has 1 amide bonds. The van der Waals surface area contributed by atoms with Gasteiger partial charge in [0.15, 0.2) is 0 Å². The van der Waals surface area contributed by atoms with E-state index in [1.165, 1.54) is 0 Å². The Kier molecular flexibility index (Phi) is 3.94. The Balaban J connectivity index is 1.89. The van der Waals surface area contributed by atoms with Gasteiger partial charge >= 0.3 is 0 Å². The molecule has 2 N–H and O–H groups in total. The number of hydrogen-bond donors (Lipinski definition) is 2. The zero-order chi connectivity index (χ0) is 14.8. The first-order valence-corrected chi connectivity index (χ1v) is 7.34. The molecule has 1 aliphatic heterocycles. The second kappa shape index (κ2) is 5.87. The van der Waals surface area contributed by atoms with Crippen molar-refractivity contribution in [1.29, 1.82) is 0 Å². The second-order valence-corrected chi connectivity index (χ2v) is 5.73. The fourth-order valence-corrected chi connectivity index (χ4v) is 2.90. The number of aromatic nitrogens is 2. The van der Waals surface area contributed by atoms with Gasteiger partial charge in [0.05, 0.1) is 16.6 Å². The number of benzene rings is 1. The van der Waals surface area contributed by atoms with E-state index in [9.17, 15) is 4.79 Å². The molecule has 1 saturated heterocycles. The van der Waals surface area contributed by atoms with Crippen molar-refractivity contribution in [1.82, 2.24) is 15.1 Å². The number of hydrogen-bond acceptors (Lipinski definition) is 3. The van der Waals surface area contributed by atoms with E-state index in [4.69, 9.17) is 11.6 Å². The Bertz CT molecular complexity index is 641. The fourth-order valence-electron chi connectivity index (χ4n) is 2.64. The van der Waals surface area contributed by atoms with Gasteiger partial charge in [-0.05, 0) is 30.7 Å². The van der Waals surface area contributed by atoms with Crippen LogP contribution in [0.1, 0.15) is 6.92 Å². The highest BCUT2D eigenvalue weighted by Crippen LogP contribution is 2.29. The fraction of sp³-hybridized carbons (Fsp3) is 0.333. The van der Waals surface area contributed by atoms with Gasteiger partial charge in [-0.2, -0.15) is 5.10 Å². The van der Waals surface area contributed by atoms with Gasteiger partial charge in [0.1, 0.15) is 5.69 Å². The molecule has 0 radical (unpaired) electrons. The molecule has 2 unspecified atom stereocenters. The van der Waals surface area contributed by atoms with Crippen molar-refractivity contribution >= 4 is 23.2 Å². The van der Waals surface area contributed by atoms with Crippen LogP contribution in [0.5, 0.6) is 0 Å². The average Bonchev–Trinajstić information content (AvgIpc) is 3.10. The molecule has 1 aliphatic rings. The Hall–Kier alpha value is -1.85. The minimum Gasteiger partial charge on any atom is -0.324 e. The first kappa shape index (κ1) is 14.1. The van der Waals surface area contributed by atoms with Crippen molar-refractivity contribution < 1.29 is 4.79 Å². The summed E-state index contributed by atoms with van der Waals surface area (Å²) in [7, 11) is 0. The van der Waals surface area contributed by atoms with Gasteiger partial charge in [0.25, 0.3) is 0 Å². The molecular weight excluding hydrogens is 288 g/mol. The van der Waals surface area contributed by atoms with Crippen LogP contribution < -0.4 is 10.6 Å². The van der Waals surface area contributed by atoms with Gasteiger partial charge in [-0.1, -0.05) is 24.6 Å². The third kappa shape index (κ3) is 2.80. The maximum atomic E-state index is 12.4. The number of rotatable bonds is 3. The van der Waals surface area contributed by atoms with Crippen LogP contribution in [0.25, 0.3) is 5.69 Å². The van der Waals surface area contributed by atoms with Gasteiger partial charge in [-0.25, -0.2) is 4.68 Å².